The van der Waals surface area contributed by atoms with Crippen LogP contribution in [-0.4, -0.2) is 4.98 Å². The van der Waals surface area contributed by atoms with E-state index in [4.69, 9.17) is 0 Å². The number of thiazole rings is 1. The molecule has 3 rings (SSSR count). The minimum absolute atomic E-state index is 0.236. The highest BCUT2D eigenvalue weighted by molar-refractivity contribution is 7.14. The van der Waals surface area contributed by atoms with Gasteiger partial charge in [0.2, 0.25) is 0 Å². The van der Waals surface area contributed by atoms with Crippen LogP contribution in [-0.2, 0) is 6.42 Å². The van der Waals surface area contributed by atoms with Crippen LogP contribution in [0.15, 0.2) is 53.9 Å². The van der Waals surface area contributed by atoms with Gasteiger partial charge in [0.05, 0.1) is 5.69 Å². The van der Waals surface area contributed by atoms with Crippen molar-refractivity contribution in [3.63, 3.8) is 0 Å². The third-order valence-electron chi connectivity index (χ3n) is 4.17. The fourth-order valence-electron chi connectivity index (χ4n) is 2.72. The van der Waals surface area contributed by atoms with Crippen molar-refractivity contribution < 1.29 is 4.39 Å². The molecule has 0 atom stereocenters. The Balaban J connectivity index is 1.60. The summed E-state index contributed by atoms with van der Waals surface area (Å²) < 4.78 is 13.0. The second-order valence-electron chi connectivity index (χ2n) is 6.18. The molecule has 0 saturated carbocycles. The molecule has 4 heteroatoms. The van der Waals surface area contributed by atoms with E-state index in [1.54, 1.807) is 23.5 Å². The second kappa shape index (κ2) is 8.77. The molecule has 25 heavy (non-hydrogen) atoms. The Hall–Kier alpha value is -2.20. The fraction of sp³-hybridized carbons (Fsp3) is 0.286. The summed E-state index contributed by atoms with van der Waals surface area (Å²) in [6.45, 7) is 2.24. The fourth-order valence-corrected chi connectivity index (χ4v) is 3.46. The van der Waals surface area contributed by atoms with Crippen LogP contribution < -0.4 is 5.32 Å². The predicted octanol–water partition coefficient (Wildman–Crippen LogP) is 6.82. The lowest BCUT2D eigenvalue weighted by Gasteiger charge is -2.03. The van der Waals surface area contributed by atoms with Gasteiger partial charge in [-0.25, -0.2) is 9.37 Å². The van der Waals surface area contributed by atoms with Crippen molar-refractivity contribution in [1.29, 1.82) is 0 Å². The van der Waals surface area contributed by atoms with Gasteiger partial charge in [-0.3, -0.25) is 0 Å². The molecule has 2 aromatic carbocycles. The zero-order valence-corrected chi connectivity index (χ0v) is 15.3. The standard InChI is InChI=1S/C21H23FN2S/c1-2-3-4-5-6-16-7-9-17(10-8-16)20-15-25-21(24-20)23-19-13-11-18(22)12-14-19/h7-15H,2-6H2,1H3,(H,23,24). The predicted molar refractivity (Wildman–Crippen MR) is 105 cm³/mol. The summed E-state index contributed by atoms with van der Waals surface area (Å²) in [5, 5.41) is 6.07. The Kier molecular flexibility index (Phi) is 6.18. The third kappa shape index (κ3) is 5.13. The molecule has 0 bridgehead atoms. The third-order valence-corrected chi connectivity index (χ3v) is 4.93. The van der Waals surface area contributed by atoms with E-state index in [0.29, 0.717) is 0 Å². The van der Waals surface area contributed by atoms with Crippen LogP contribution in [0.2, 0.25) is 0 Å². The average molecular weight is 354 g/mol. The molecule has 1 N–H and O–H groups in total. The van der Waals surface area contributed by atoms with Gasteiger partial charge in [-0.1, -0.05) is 50.5 Å². The van der Waals surface area contributed by atoms with Crippen LogP contribution in [0, 0.1) is 5.82 Å². The van der Waals surface area contributed by atoms with Crippen molar-refractivity contribution in [2.75, 3.05) is 5.32 Å². The Morgan fingerprint density at radius 1 is 0.960 bits per heavy atom. The first-order chi connectivity index (χ1) is 12.2. The number of nitrogens with zero attached hydrogens (tertiary/aromatic N) is 1. The molecular formula is C21H23FN2S. The number of aromatic nitrogens is 1. The quantitative estimate of drug-likeness (QED) is 0.449. The topological polar surface area (TPSA) is 24.9 Å². The molecule has 0 fully saturated rings. The number of benzene rings is 2. The zero-order valence-electron chi connectivity index (χ0n) is 14.5. The maximum atomic E-state index is 13.0. The van der Waals surface area contributed by atoms with Crippen molar-refractivity contribution in [3.05, 3.63) is 65.3 Å². The first kappa shape index (κ1) is 17.6. The highest BCUT2D eigenvalue weighted by Crippen LogP contribution is 2.27. The van der Waals surface area contributed by atoms with Crippen LogP contribution in [0.3, 0.4) is 0 Å². The molecule has 0 spiro atoms. The number of aryl methyl sites for hydroxylation is 1. The summed E-state index contributed by atoms with van der Waals surface area (Å²) in [5.74, 6) is -0.236. The lowest BCUT2D eigenvalue weighted by atomic mass is 10.0. The SMILES string of the molecule is CCCCCCc1ccc(-c2csc(Nc3ccc(F)cc3)n2)cc1. The van der Waals surface area contributed by atoms with Gasteiger partial charge in [-0.05, 0) is 42.7 Å². The number of nitrogens with one attached hydrogen (secondary N) is 1. The zero-order chi connectivity index (χ0) is 17.5. The Morgan fingerprint density at radius 3 is 2.44 bits per heavy atom. The molecule has 0 amide bonds. The van der Waals surface area contributed by atoms with E-state index in [2.05, 4.69) is 41.5 Å². The number of unbranched alkanes of at least 4 members (excludes halogenated alkanes) is 3. The van der Waals surface area contributed by atoms with Gasteiger partial charge in [0.15, 0.2) is 5.13 Å². The van der Waals surface area contributed by atoms with Crippen LogP contribution in [0.25, 0.3) is 11.3 Å². The maximum absolute atomic E-state index is 13.0. The summed E-state index contributed by atoms with van der Waals surface area (Å²) in [6.07, 6.45) is 6.31. The number of hydrogen-bond acceptors (Lipinski definition) is 3. The smallest absolute Gasteiger partial charge is 0.187 e. The Morgan fingerprint density at radius 2 is 1.72 bits per heavy atom. The molecule has 1 heterocycles. The molecule has 0 saturated heterocycles. The minimum Gasteiger partial charge on any atom is -0.332 e. The normalized spacial score (nSPS) is 10.8. The van der Waals surface area contributed by atoms with Crippen molar-refractivity contribution in [1.82, 2.24) is 4.98 Å². The van der Waals surface area contributed by atoms with E-state index in [0.717, 1.165) is 28.5 Å². The van der Waals surface area contributed by atoms with Gasteiger partial charge in [0.1, 0.15) is 5.82 Å². The van der Waals surface area contributed by atoms with Crippen LogP contribution >= 0.6 is 11.3 Å². The van der Waals surface area contributed by atoms with Crippen molar-refractivity contribution in [2.24, 2.45) is 0 Å². The molecule has 1 aromatic heterocycles. The van der Waals surface area contributed by atoms with E-state index in [1.807, 2.05) is 5.38 Å². The Bertz CT molecular complexity index is 778. The lowest BCUT2D eigenvalue weighted by Crippen LogP contribution is -1.90. The molecule has 0 aliphatic heterocycles. The van der Waals surface area contributed by atoms with Crippen molar-refractivity contribution in [3.8, 4) is 11.3 Å². The molecule has 0 aliphatic rings. The van der Waals surface area contributed by atoms with E-state index >= 15 is 0 Å². The van der Waals surface area contributed by atoms with Crippen LogP contribution in [0.4, 0.5) is 15.2 Å². The highest BCUT2D eigenvalue weighted by Gasteiger charge is 2.05. The monoisotopic (exact) mass is 354 g/mol. The van der Waals surface area contributed by atoms with Gasteiger partial charge < -0.3 is 5.32 Å². The summed E-state index contributed by atoms with van der Waals surface area (Å²) >= 11 is 1.55. The highest BCUT2D eigenvalue weighted by atomic mass is 32.1. The maximum Gasteiger partial charge on any atom is 0.187 e. The first-order valence-electron chi connectivity index (χ1n) is 8.82. The van der Waals surface area contributed by atoms with Gasteiger partial charge >= 0.3 is 0 Å². The molecular weight excluding hydrogens is 331 g/mol. The summed E-state index contributed by atoms with van der Waals surface area (Å²) in [4.78, 5) is 4.63. The molecule has 2 nitrogen and oxygen atoms in total. The molecule has 0 radical (unpaired) electrons. The van der Waals surface area contributed by atoms with E-state index in [1.165, 1.54) is 43.4 Å². The summed E-state index contributed by atoms with van der Waals surface area (Å²) in [5.41, 5.74) is 4.32. The van der Waals surface area contributed by atoms with Gasteiger partial charge in [0.25, 0.3) is 0 Å². The molecule has 3 aromatic rings. The van der Waals surface area contributed by atoms with Gasteiger partial charge in [-0.2, -0.15) is 0 Å². The van der Waals surface area contributed by atoms with Gasteiger partial charge in [0, 0.05) is 16.6 Å². The van der Waals surface area contributed by atoms with E-state index in [-0.39, 0.29) is 5.82 Å². The summed E-state index contributed by atoms with van der Waals surface area (Å²) in [6, 6.07) is 15.0. The molecule has 130 valence electrons. The van der Waals surface area contributed by atoms with Crippen molar-refractivity contribution >= 4 is 22.2 Å². The average Bonchev–Trinajstić information content (AvgIpc) is 3.10. The summed E-state index contributed by atoms with van der Waals surface area (Å²) in [7, 11) is 0. The lowest BCUT2D eigenvalue weighted by molar-refractivity contribution is 0.628. The Labute approximate surface area is 152 Å². The number of rotatable bonds is 8. The van der Waals surface area contributed by atoms with E-state index < -0.39 is 0 Å². The second-order valence-corrected chi connectivity index (χ2v) is 7.04. The van der Waals surface area contributed by atoms with Crippen LogP contribution in [0.5, 0.6) is 0 Å². The van der Waals surface area contributed by atoms with Crippen LogP contribution in [0.1, 0.15) is 38.2 Å². The molecule has 0 aliphatic carbocycles. The largest absolute Gasteiger partial charge is 0.332 e. The minimum atomic E-state index is -0.236. The number of hydrogen-bond donors (Lipinski definition) is 1. The first-order valence-corrected chi connectivity index (χ1v) is 9.70. The van der Waals surface area contributed by atoms with Gasteiger partial charge in [-0.15, -0.1) is 11.3 Å². The van der Waals surface area contributed by atoms with Crippen molar-refractivity contribution in [2.45, 2.75) is 39.0 Å². The number of anilines is 2. The number of halogens is 1. The van der Waals surface area contributed by atoms with E-state index in [9.17, 15) is 4.39 Å². The molecule has 0 unspecified atom stereocenters.